The zero-order valence-corrected chi connectivity index (χ0v) is 20.9. The van der Waals surface area contributed by atoms with Gasteiger partial charge in [0.15, 0.2) is 0 Å². The number of carbonyl (C=O) groups excluding carboxylic acids is 3. The molecule has 1 aromatic carbocycles. The van der Waals surface area contributed by atoms with Gasteiger partial charge >= 0.3 is 0 Å². The van der Waals surface area contributed by atoms with Crippen molar-refractivity contribution in [3.63, 3.8) is 0 Å². The molecule has 1 aliphatic carbocycles. The minimum Gasteiger partial charge on any atom is -0.354 e. The molecule has 0 bridgehead atoms. The van der Waals surface area contributed by atoms with Crippen LogP contribution in [0.25, 0.3) is 0 Å². The van der Waals surface area contributed by atoms with Crippen molar-refractivity contribution in [2.75, 3.05) is 37.6 Å². The number of sulfonamides is 1. The van der Waals surface area contributed by atoms with Crippen LogP contribution in [0.5, 0.6) is 0 Å². The summed E-state index contributed by atoms with van der Waals surface area (Å²) in [5, 5.41) is 5.70. The summed E-state index contributed by atoms with van der Waals surface area (Å²) < 4.78 is 26.7. The van der Waals surface area contributed by atoms with Gasteiger partial charge in [0.05, 0.1) is 10.8 Å². The Hall–Kier alpha value is -2.46. The Bertz CT molecular complexity index is 970. The minimum atomic E-state index is -3.57. The van der Waals surface area contributed by atoms with Gasteiger partial charge in [0.1, 0.15) is 0 Å². The number of carbonyl (C=O) groups is 3. The molecular weight excluding hydrogens is 456 g/mol. The SMILES string of the molecule is CCN(CC)S(=O)(=O)c1ccc(N2CC(C(=O)NCCNC(=O)C3CCCCC3)CC2=O)cc1. The Kier molecular flexibility index (Phi) is 9.07. The van der Waals surface area contributed by atoms with Crippen LogP contribution in [0.3, 0.4) is 0 Å². The van der Waals surface area contributed by atoms with Crippen molar-refractivity contribution in [2.45, 2.75) is 57.3 Å². The molecule has 3 rings (SSSR count). The van der Waals surface area contributed by atoms with Crippen LogP contribution in [0.4, 0.5) is 5.69 Å². The highest BCUT2D eigenvalue weighted by Gasteiger charge is 2.35. The van der Waals surface area contributed by atoms with E-state index in [4.69, 9.17) is 0 Å². The molecule has 2 N–H and O–H groups in total. The van der Waals surface area contributed by atoms with Gasteiger partial charge in [-0.15, -0.1) is 0 Å². The molecule has 1 aliphatic heterocycles. The van der Waals surface area contributed by atoms with E-state index in [9.17, 15) is 22.8 Å². The molecule has 2 fully saturated rings. The number of benzene rings is 1. The standard InChI is InChI=1S/C24H36N4O5S/c1-3-27(4-2)34(32,33)21-12-10-20(11-13-21)28-17-19(16-22(28)29)24(31)26-15-14-25-23(30)18-8-6-5-7-9-18/h10-13,18-19H,3-9,14-17H2,1-2H3,(H,25,30)(H,26,31). The largest absolute Gasteiger partial charge is 0.354 e. The molecule has 1 saturated heterocycles. The maximum absolute atomic E-state index is 12.7. The molecule has 1 saturated carbocycles. The van der Waals surface area contributed by atoms with Crippen LogP contribution in [0, 0.1) is 11.8 Å². The average molecular weight is 493 g/mol. The first kappa shape index (κ1) is 26.2. The first-order valence-corrected chi connectivity index (χ1v) is 13.7. The molecule has 1 aromatic rings. The van der Waals surface area contributed by atoms with Crippen molar-refractivity contribution >= 4 is 33.4 Å². The molecule has 1 atom stereocenters. The van der Waals surface area contributed by atoms with E-state index in [0.717, 1.165) is 25.7 Å². The van der Waals surface area contributed by atoms with Crippen molar-refractivity contribution in [1.29, 1.82) is 0 Å². The molecule has 1 unspecified atom stereocenters. The van der Waals surface area contributed by atoms with Crippen LogP contribution in [-0.2, 0) is 24.4 Å². The van der Waals surface area contributed by atoms with Crippen LogP contribution in [0.1, 0.15) is 52.4 Å². The van der Waals surface area contributed by atoms with Crippen molar-refractivity contribution < 1.29 is 22.8 Å². The van der Waals surface area contributed by atoms with E-state index in [1.54, 1.807) is 26.0 Å². The lowest BCUT2D eigenvalue weighted by atomic mass is 9.89. The Balaban J connectivity index is 1.49. The molecule has 0 radical (unpaired) electrons. The van der Waals surface area contributed by atoms with E-state index >= 15 is 0 Å². The fourth-order valence-corrected chi connectivity index (χ4v) is 6.13. The summed E-state index contributed by atoms with van der Waals surface area (Å²) in [5.41, 5.74) is 0.568. The van der Waals surface area contributed by atoms with Gasteiger partial charge in [0.2, 0.25) is 27.7 Å². The average Bonchev–Trinajstić information content (AvgIpc) is 3.24. The highest BCUT2D eigenvalue weighted by atomic mass is 32.2. The lowest BCUT2D eigenvalue weighted by molar-refractivity contribution is -0.127. The van der Waals surface area contributed by atoms with Crippen molar-refractivity contribution in [3.05, 3.63) is 24.3 Å². The molecule has 3 amide bonds. The van der Waals surface area contributed by atoms with Crippen LogP contribution in [0.2, 0.25) is 0 Å². The van der Waals surface area contributed by atoms with Gasteiger partial charge < -0.3 is 15.5 Å². The third-order valence-corrected chi connectivity index (χ3v) is 8.75. The predicted octanol–water partition coefficient (Wildman–Crippen LogP) is 1.88. The van der Waals surface area contributed by atoms with Gasteiger partial charge in [0.25, 0.3) is 0 Å². The molecule has 34 heavy (non-hydrogen) atoms. The maximum Gasteiger partial charge on any atom is 0.243 e. The van der Waals surface area contributed by atoms with Gasteiger partial charge in [-0.3, -0.25) is 14.4 Å². The monoisotopic (exact) mass is 492 g/mol. The molecule has 9 nitrogen and oxygen atoms in total. The first-order valence-electron chi connectivity index (χ1n) is 12.2. The first-order chi connectivity index (χ1) is 16.3. The topological polar surface area (TPSA) is 116 Å². The fourth-order valence-electron chi connectivity index (χ4n) is 4.67. The summed E-state index contributed by atoms with van der Waals surface area (Å²) in [6, 6.07) is 6.21. The predicted molar refractivity (Wildman–Crippen MR) is 130 cm³/mol. The normalized spacial score (nSPS) is 19.4. The third-order valence-electron chi connectivity index (χ3n) is 6.69. The lowest BCUT2D eigenvalue weighted by Gasteiger charge is -2.21. The second-order valence-electron chi connectivity index (χ2n) is 8.91. The summed E-state index contributed by atoms with van der Waals surface area (Å²) in [4.78, 5) is 39.0. The summed E-state index contributed by atoms with van der Waals surface area (Å²) in [7, 11) is -3.57. The quantitative estimate of drug-likeness (QED) is 0.484. The van der Waals surface area contributed by atoms with Gasteiger partial charge in [-0.1, -0.05) is 33.1 Å². The van der Waals surface area contributed by atoms with E-state index in [0.29, 0.717) is 31.9 Å². The van der Waals surface area contributed by atoms with E-state index in [1.807, 2.05) is 0 Å². The Morgan fingerprint density at radius 2 is 1.50 bits per heavy atom. The van der Waals surface area contributed by atoms with Gasteiger partial charge in [0, 0.05) is 50.7 Å². The molecular formula is C24H36N4O5S. The van der Waals surface area contributed by atoms with Crippen LogP contribution < -0.4 is 15.5 Å². The van der Waals surface area contributed by atoms with E-state index in [-0.39, 0.29) is 41.5 Å². The van der Waals surface area contributed by atoms with Crippen LogP contribution in [-0.4, -0.2) is 63.2 Å². The molecule has 10 heteroatoms. The summed E-state index contributed by atoms with van der Waals surface area (Å²) in [5.74, 6) is -0.740. The number of hydrogen-bond donors (Lipinski definition) is 2. The number of rotatable bonds is 10. The Morgan fingerprint density at radius 3 is 2.06 bits per heavy atom. The molecule has 188 valence electrons. The number of amides is 3. The summed E-state index contributed by atoms with van der Waals surface area (Å²) >= 11 is 0. The van der Waals surface area contributed by atoms with Crippen LogP contribution in [0.15, 0.2) is 29.2 Å². The van der Waals surface area contributed by atoms with Crippen LogP contribution >= 0.6 is 0 Å². The molecule has 0 aromatic heterocycles. The van der Waals surface area contributed by atoms with Crippen molar-refractivity contribution in [1.82, 2.24) is 14.9 Å². The number of nitrogens with one attached hydrogen (secondary N) is 2. The zero-order valence-electron chi connectivity index (χ0n) is 20.1. The molecule has 2 aliphatic rings. The second kappa shape index (κ2) is 11.8. The highest BCUT2D eigenvalue weighted by Crippen LogP contribution is 2.27. The molecule has 0 spiro atoms. The fraction of sp³-hybridized carbons (Fsp3) is 0.625. The number of hydrogen-bond acceptors (Lipinski definition) is 5. The number of nitrogens with zero attached hydrogens (tertiary/aromatic N) is 2. The van der Waals surface area contributed by atoms with E-state index in [1.165, 1.54) is 27.8 Å². The Labute approximate surface area is 202 Å². The summed E-state index contributed by atoms with van der Waals surface area (Å²) in [6.45, 7) is 5.26. The van der Waals surface area contributed by atoms with E-state index < -0.39 is 15.9 Å². The third kappa shape index (κ3) is 6.15. The van der Waals surface area contributed by atoms with Crippen molar-refractivity contribution in [3.8, 4) is 0 Å². The smallest absolute Gasteiger partial charge is 0.243 e. The van der Waals surface area contributed by atoms with Crippen molar-refractivity contribution in [2.24, 2.45) is 11.8 Å². The maximum atomic E-state index is 12.7. The zero-order chi connectivity index (χ0) is 24.7. The number of anilines is 1. The second-order valence-corrected chi connectivity index (χ2v) is 10.8. The Morgan fingerprint density at radius 1 is 0.941 bits per heavy atom. The summed E-state index contributed by atoms with van der Waals surface area (Å²) in [6.07, 6.45) is 5.34. The van der Waals surface area contributed by atoms with Gasteiger partial charge in [-0.25, -0.2) is 8.42 Å². The van der Waals surface area contributed by atoms with Gasteiger partial charge in [-0.05, 0) is 37.1 Å². The minimum absolute atomic E-state index is 0.0580. The molecule has 1 heterocycles. The van der Waals surface area contributed by atoms with Gasteiger partial charge in [-0.2, -0.15) is 4.31 Å². The highest BCUT2D eigenvalue weighted by molar-refractivity contribution is 7.89. The lowest BCUT2D eigenvalue weighted by Crippen LogP contribution is -2.40. The van der Waals surface area contributed by atoms with E-state index in [2.05, 4.69) is 10.6 Å².